The number of carbonyl (C=O) groups is 5. The maximum atomic E-state index is 13.4. The highest BCUT2D eigenvalue weighted by atomic mass is 16.5. The molecule has 11 nitrogen and oxygen atoms in total. The molecule has 0 aliphatic carbocycles. The number of amides is 3. The molecular formula is C30H35N3O8. The minimum absolute atomic E-state index is 0.0698. The van der Waals surface area contributed by atoms with Crippen LogP contribution in [0.4, 0.5) is 5.69 Å². The molecule has 41 heavy (non-hydrogen) atoms. The van der Waals surface area contributed by atoms with Crippen LogP contribution < -0.4 is 15.0 Å². The molecule has 0 saturated carbocycles. The average molecular weight is 566 g/mol. The van der Waals surface area contributed by atoms with E-state index in [1.165, 1.54) is 4.90 Å². The fraction of sp³-hybridized carbons (Fsp3) is 0.433. The number of nitrogens with zero attached hydrogens (tertiary/aromatic N) is 2. The van der Waals surface area contributed by atoms with E-state index in [1.54, 1.807) is 55.5 Å². The van der Waals surface area contributed by atoms with Crippen molar-refractivity contribution in [2.24, 2.45) is 0 Å². The number of ether oxygens (including phenoxy) is 2. The number of carboxylic acids is 1. The molecule has 0 spiro atoms. The minimum atomic E-state index is -1.17. The second-order valence-electron chi connectivity index (χ2n) is 9.98. The number of benzene rings is 2. The molecule has 2 aliphatic heterocycles. The Labute approximate surface area is 238 Å². The van der Waals surface area contributed by atoms with E-state index in [4.69, 9.17) is 9.47 Å². The van der Waals surface area contributed by atoms with E-state index >= 15 is 0 Å². The van der Waals surface area contributed by atoms with Gasteiger partial charge in [0.1, 0.15) is 31.0 Å². The SMILES string of the molecule is CCOC(=O)[C@H](CCCCCCCN1C(=O)c2ccccc2C1=O)NC1COc2ccccc2N(CC(=O)O)C1=O. The van der Waals surface area contributed by atoms with Crippen molar-refractivity contribution in [3.63, 3.8) is 0 Å². The molecule has 2 N–H and O–H groups in total. The zero-order chi connectivity index (χ0) is 29.4. The summed E-state index contributed by atoms with van der Waals surface area (Å²) in [6.45, 7) is 1.63. The minimum Gasteiger partial charge on any atom is -0.489 e. The van der Waals surface area contributed by atoms with Crippen molar-refractivity contribution >= 4 is 35.3 Å². The fourth-order valence-electron chi connectivity index (χ4n) is 5.12. The summed E-state index contributed by atoms with van der Waals surface area (Å²) in [4.78, 5) is 65.0. The maximum Gasteiger partial charge on any atom is 0.323 e. The Balaban J connectivity index is 1.27. The van der Waals surface area contributed by atoms with Crippen molar-refractivity contribution in [2.75, 3.05) is 31.2 Å². The predicted molar refractivity (Wildman–Crippen MR) is 149 cm³/mol. The van der Waals surface area contributed by atoms with Crippen molar-refractivity contribution in [2.45, 2.75) is 57.5 Å². The van der Waals surface area contributed by atoms with Crippen LogP contribution in [0.15, 0.2) is 48.5 Å². The first-order valence-corrected chi connectivity index (χ1v) is 13.9. The molecular weight excluding hydrogens is 530 g/mol. The quantitative estimate of drug-likeness (QED) is 0.201. The summed E-state index contributed by atoms with van der Waals surface area (Å²) in [6.07, 6.45) is 4.20. The first-order valence-electron chi connectivity index (χ1n) is 13.9. The molecule has 2 aromatic rings. The highest BCUT2D eigenvalue weighted by Gasteiger charge is 2.36. The fourth-order valence-corrected chi connectivity index (χ4v) is 5.12. The molecule has 11 heteroatoms. The number of imide groups is 1. The molecule has 2 aromatic carbocycles. The molecule has 218 valence electrons. The van der Waals surface area contributed by atoms with Crippen LogP contribution in [0.2, 0.25) is 0 Å². The van der Waals surface area contributed by atoms with E-state index in [-0.39, 0.29) is 25.0 Å². The van der Waals surface area contributed by atoms with E-state index in [0.717, 1.165) is 24.2 Å². The molecule has 2 heterocycles. The number of anilines is 1. The summed E-state index contributed by atoms with van der Waals surface area (Å²) in [5, 5.41) is 12.5. The predicted octanol–water partition coefficient (Wildman–Crippen LogP) is 3.02. The number of rotatable bonds is 14. The van der Waals surface area contributed by atoms with Crippen LogP contribution in [0.5, 0.6) is 5.75 Å². The van der Waals surface area contributed by atoms with Crippen LogP contribution >= 0.6 is 0 Å². The Bertz CT molecular complexity index is 1260. The number of hydrogen-bond acceptors (Lipinski definition) is 8. The molecule has 0 fully saturated rings. The number of nitrogens with one attached hydrogen (secondary N) is 1. The monoisotopic (exact) mass is 565 g/mol. The topological polar surface area (TPSA) is 143 Å². The number of aliphatic carboxylic acids is 1. The number of carbonyl (C=O) groups excluding carboxylic acids is 4. The third kappa shape index (κ3) is 7.10. The standard InChI is InChI=1S/C30H35N3O8/c1-2-40-30(39)22(31-23-19-41-25-16-10-9-15-24(25)33(29(23)38)18-26(34)35)14-6-4-3-5-11-17-32-27(36)20-12-7-8-13-21(20)28(32)37/h7-10,12-13,15-16,22-23,31H,2-6,11,14,17-19H2,1H3,(H,34,35)/t22-,23?/m0/s1. The lowest BCUT2D eigenvalue weighted by Gasteiger charge is -2.26. The zero-order valence-electron chi connectivity index (χ0n) is 23.0. The number of carboxylic acid groups (broad SMARTS) is 1. The van der Waals surface area contributed by atoms with Gasteiger partial charge in [-0.15, -0.1) is 0 Å². The molecule has 2 atom stereocenters. The van der Waals surface area contributed by atoms with Gasteiger partial charge in [0.25, 0.3) is 11.8 Å². The van der Waals surface area contributed by atoms with Gasteiger partial charge in [0, 0.05) is 6.54 Å². The van der Waals surface area contributed by atoms with Gasteiger partial charge in [0.15, 0.2) is 0 Å². The first kappa shape index (κ1) is 29.7. The summed E-state index contributed by atoms with van der Waals surface area (Å²) in [5.41, 5.74) is 1.25. The molecule has 1 unspecified atom stereocenters. The van der Waals surface area contributed by atoms with Crippen LogP contribution in [0.1, 0.15) is 66.2 Å². The molecule has 0 bridgehead atoms. The third-order valence-corrected chi connectivity index (χ3v) is 7.15. The Hall–Kier alpha value is -4.25. The molecule has 4 rings (SSSR count). The second-order valence-corrected chi connectivity index (χ2v) is 9.98. The summed E-state index contributed by atoms with van der Waals surface area (Å²) in [7, 11) is 0. The highest BCUT2D eigenvalue weighted by molar-refractivity contribution is 6.21. The first-order chi connectivity index (χ1) is 19.8. The van der Waals surface area contributed by atoms with Gasteiger partial charge in [-0.2, -0.15) is 0 Å². The Morgan fingerprint density at radius 2 is 1.59 bits per heavy atom. The highest BCUT2D eigenvalue weighted by Crippen LogP contribution is 2.31. The van der Waals surface area contributed by atoms with E-state index < -0.39 is 36.5 Å². The van der Waals surface area contributed by atoms with Crippen molar-refractivity contribution in [1.29, 1.82) is 0 Å². The van der Waals surface area contributed by atoms with Crippen LogP contribution in [0.25, 0.3) is 0 Å². The summed E-state index contributed by atoms with van der Waals surface area (Å²) < 4.78 is 11.0. The molecule has 0 radical (unpaired) electrons. The van der Waals surface area contributed by atoms with Gasteiger partial charge in [-0.05, 0) is 44.0 Å². The zero-order valence-corrected chi connectivity index (χ0v) is 23.0. The van der Waals surface area contributed by atoms with Crippen molar-refractivity contribution in [3.05, 3.63) is 59.7 Å². The van der Waals surface area contributed by atoms with Crippen molar-refractivity contribution < 1.29 is 38.6 Å². The number of esters is 1. The van der Waals surface area contributed by atoms with E-state index in [0.29, 0.717) is 48.4 Å². The Kier molecular flexibility index (Phi) is 10.1. The van der Waals surface area contributed by atoms with Gasteiger partial charge in [-0.3, -0.25) is 39.1 Å². The lowest BCUT2D eigenvalue weighted by atomic mass is 10.0. The van der Waals surface area contributed by atoms with Gasteiger partial charge < -0.3 is 14.6 Å². The van der Waals surface area contributed by atoms with Crippen molar-refractivity contribution in [1.82, 2.24) is 10.2 Å². The summed E-state index contributed by atoms with van der Waals surface area (Å²) >= 11 is 0. The second kappa shape index (κ2) is 13.9. The molecule has 0 aromatic heterocycles. The number of fused-ring (bicyclic) bond motifs is 2. The maximum absolute atomic E-state index is 13.4. The lowest BCUT2D eigenvalue weighted by Crippen LogP contribution is -2.54. The number of para-hydroxylation sites is 2. The van der Waals surface area contributed by atoms with Crippen LogP contribution in [-0.2, 0) is 19.1 Å². The smallest absolute Gasteiger partial charge is 0.323 e. The van der Waals surface area contributed by atoms with Crippen molar-refractivity contribution in [3.8, 4) is 5.75 Å². The van der Waals surface area contributed by atoms with E-state index in [9.17, 15) is 29.1 Å². The van der Waals surface area contributed by atoms with Gasteiger partial charge in [0.05, 0.1) is 23.4 Å². The lowest BCUT2D eigenvalue weighted by molar-refractivity contribution is -0.146. The largest absolute Gasteiger partial charge is 0.489 e. The Morgan fingerprint density at radius 3 is 2.27 bits per heavy atom. The molecule has 2 aliphatic rings. The molecule has 0 saturated heterocycles. The number of hydrogen-bond donors (Lipinski definition) is 2. The summed E-state index contributed by atoms with van der Waals surface area (Å²) in [5.74, 6) is -2.27. The average Bonchev–Trinajstić information content (AvgIpc) is 3.12. The molecule has 3 amide bonds. The van der Waals surface area contributed by atoms with Gasteiger partial charge >= 0.3 is 11.9 Å². The van der Waals surface area contributed by atoms with Crippen LogP contribution in [-0.4, -0.2) is 78.1 Å². The third-order valence-electron chi connectivity index (χ3n) is 7.15. The van der Waals surface area contributed by atoms with Gasteiger partial charge in [0.2, 0.25) is 5.91 Å². The normalized spacial score (nSPS) is 17.0. The number of unbranched alkanes of at least 4 members (excludes halogenated alkanes) is 4. The van der Waals surface area contributed by atoms with Crippen LogP contribution in [0, 0.1) is 0 Å². The summed E-state index contributed by atoms with van der Waals surface area (Å²) in [6, 6.07) is 11.8. The Morgan fingerprint density at radius 1 is 0.951 bits per heavy atom. The van der Waals surface area contributed by atoms with Crippen LogP contribution in [0.3, 0.4) is 0 Å². The van der Waals surface area contributed by atoms with Gasteiger partial charge in [-0.1, -0.05) is 49.9 Å². The van der Waals surface area contributed by atoms with Gasteiger partial charge in [-0.25, -0.2) is 0 Å². The van der Waals surface area contributed by atoms with E-state index in [2.05, 4.69) is 5.32 Å². The van der Waals surface area contributed by atoms with E-state index in [1.807, 2.05) is 0 Å².